The Hall–Kier alpha value is -2.49. The predicted octanol–water partition coefficient (Wildman–Crippen LogP) is 4.99. The number of halogens is 1. The molecule has 7 heteroatoms. The van der Waals surface area contributed by atoms with Crippen molar-refractivity contribution >= 4 is 23.4 Å². The van der Waals surface area contributed by atoms with E-state index in [0.29, 0.717) is 17.3 Å². The van der Waals surface area contributed by atoms with Gasteiger partial charge in [0.25, 0.3) is 0 Å². The number of nitrogens with zero attached hydrogens (tertiary/aromatic N) is 4. The molecule has 1 aromatic heterocycles. The summed E-state index contributed by atoms with van der Waals surface area (Å²) in [6.45, 7) is 0. The summed E-state index contributed by atoms with van der Waals surface area (Å²) in [6.07, 6.45) is 1.33. The highest BCUT2D eigenvalue weighted by Crippen LogP contribution is 2.33. The molecule has 1 heterocycles. The number of unbranched alkanes of at least 4 members (excludes halogenated alkanes) is 1. The molecule has 0 aliphatic heterocycles. The highest BCUT2D eigenvalue weighted by molar-refractivity contribution is 7.99. The lowest BCUT2D eigenvalue weighted by molar-refractivity contribution is 0.416. The Morgan fingerprint density at radius 2 is 1.92 bits per heavy atom. The molecule has 0 amide bonds. The Balaban J connectivity index is 2.05. The number of benzene rings is 2. The first-order chi connectivity index (χ1) is 12.7. The standard InChI is InChI=1S/C19H17ClN4OS/c1-25-17-7-3-2-6-16(17)18-22-23-19(26-13-5-4-12-21)24(18)15-10-8-14(20)9-11-15/h2-3,6-11H,4-5,13H2,1H3. The summed E-state index contributed by atoms with van der Waals surface area (Å²) < 4.78 is 7.48. The topological polar surface area (TPSA) is 63.7 Å². The summed E-state index contributed by atoms with van der Waals surface area (Å²) in [4.78, 5) is 0. The van der Waals surface area contributed by atoms with Crippen molar-refractivity contribution in [1.82, 2.24) is 14.8 Å². The van der Waals surface area contributed by atoms with Crippen molar-refractivity contribution in [3.05, 3.63) is 53.6 Å². The second kappa shape index (κ2) is 8.75. The number of hydrogen-bond donors (Lipinski definition) is 0. The monoisotopic (exact) mass is 384 g/mol. The van der Waals surface area contributed by atoms with Gasteiger partial charge in [0.1, 0.15) is 5.75 Å². The fraction of sp³-hybridized carbons (Fsp3) is 0.211. The van der Waals surface area contributed by atoms with Crippen molar-refractivity contribution in [2.75, 3.05) is 12.9 Å². The normalized spacial score (nSPS) is 10.5. The summed E-state index contributed by atoms with van der Waals surface area (Å²) in [6, 6.07) is 17.4. The third kappa shape index (κ3) is 4.01. The SMILES string of the molecule is COc1ccccc1-c1nnc(SCCCC#N)n1-c1ccc(Cl)cc1. The Bertz CT molecular complexity index is 918. The number of rotatable bonds is 7. The van der Waals surface area contributed by atoms with Gasteiger partial charge in [0.2, 0.25) is 0 Å². The van der Waals surface area contributed by atoms with Gasteiger partial charge in [-0.2, -0.15) is 5.26 Å². The highest BCUT2D eigenvalue weighted by atomic mass is 35.5. The fourth-order valence-electron chi connectivity index (χ4n) is 2.50. The smallest absolute Gasteiger partial charge is 0.196 e. The largest absolute Gasteiger partial charge is 0.496 e. The van der Waals surface area contributed by atoms with Crippen LogP contribution >= 0.6 is 23.4 Å². The van der Waals surface area contributed by atoms with Gasteiger partial charge in [0.15, 0.2) is 11.0 Å². The van der Waals surface area contributed by atoms with Gasteiger partial charge in [-0.15, -0.1) is 10.2 Å². The molecule has 0 atom stereocenters. The molecule has 26 heavy (non-hydrogen) atoms. The van der Waals surface area contributed by atoms with Crippen LogP contribution in [0.1, 0.15) is 12.8 Å². The van der Waals surface area contributed by atoms with Crippen molar-refractivity contribution in [2.24, 2.45) is 0 Å². The van der Waals surface area contributed by atoms with Crippen LogP contribution in [0, 0.1) is 11.3 Å². The Labute approximate surface area is 161 Å². The van der Waals surface area contributed by atoms with Gasteiger partial charge >= 0.3 is 0 Å². The Morgan fingerprint density at radius 1 is 1.15 bits per heavy atom. The number of para-hydroxylation sites is 1. The average molecular weight is 385 g/mol. The number of nitriles is 1. The first-order valence-corrected chi connectivity index (χ1v) is 9.45. The molecule has 0 spiro atoms. The van der Waals surface area contributed by atoms with Crippen molar-refractivity contribution < 1.29 is 4.74 Å². The van der Waals surface area contributed by atoms with Crippen molar-refractivity contribution in [2.45, 2.75) is 18.0 Å². The lowest BCUT2D eigenvalue weighted by Gasteiger charge is -2.12. The lowest BCUT2D eigenvalue weighted by Crippen LogP contribution is -2.01. The molecule has 0 fully saturated rings. The third-order valence-electron chi connectivity index (χ3n) is 3.73. The van der Waals surface area contributed by atoms with E-state index < -0.39 is 0 Å². The zero-order chi connectivity index (χ0) is 18.4. The number of thioether (sulfide) groups is 1. The maximum Gasteiger partial charge on any atom is 0.196 e. The average Bonchev–Trinajstić information content (AvgIpc) is 3.09. The molecule has 3 aromatic rings. The van der Waals surface area contributed by atoms with E-state index in [1.54, 1.807) is 18.9 Å². The van der Waals surface area contributed by atoms with Gasteiger partial charge in [-0.25, -0.2) is 0 Å². The maximum absolute atomic E-state index is 8.71. The van der Waals surface area contributed by atoms with Crippen LogP contribution in [-0.4, -0.2) is 27.6 Å². The van der Waals surface area contributed by atoms with Crippen LogP contribution < -0.4 is 4.74 Å². The van der Waals surface area contributed by atoms with Gasteiger partial charge in [-0.1, -0.05) is 35.5 Å². The van der Waals surface area contributed by atoms with Crippen molar-refractivity contribution in [1.29, 1.82) is 5.26 Å². The fourth-order valence-corrected chi connectivity index (χ4v) is 3.52. The number of methoxy groups -OCH3 is 1. The maximum atomic E-state index is 8.71. The van der Waals surface area contributed by atoms with Crippen LogP contribution in [0.4, 0.5) is 0 Å². The highest BCUT2D eigenvalue weighted by Gasteiger charge is 2.18. The molecule has 0 saturated heterocycles. The van der Waals surface area contributed by atoms with E-state index in [2.05, 4.69) is 16.3 Å². The lowest BCUT2D eigenvalue weighted by atomic mass is 10.2. The van der Waals surface area contributed by atoms with E-state index >= 15 is 0 Å². The zero-order valence-electron chi connectivity index (χ0n) is 14.2. The molecule has 0 aliphatic rings. The molecule has 0 N–H and O–H groups in total. The zero-order valence-corrected chi connectivity index (χ0v) is 15.8. The van der Waals surface area contributed by atoms with E-state index in [1.165, 1.54) is 0 Å². The Morgan fingerprint density at radius 3 is 2.65 bits per heavy atom. The summed E-state index contributed by atoms with van der Waals surface area (Å²) in [5, 5.41) is 18.9. The van der Waals surface area contributed by atoms with Crippen LogP contribution in [0.25, 0.3) is 17.1 Å². The van der Waals surface area contributed by atoms with Gasteiger partial charge in [-0.3, -0.25) is 4.57 Å². The molecule has 5 nitrogen and oxygen atoms in total. The molecule has 132 valence electrons. The first-order valence-electron chi connectivity index (χ1n) is 8.09. The minimum absolute atomic E-state index is 0.529. The van der Waals surface area contributed by atoms with Crippen LogP contribution in [0.15, 0.2) is 53.7 Å². The van der Waals surface area contributed by atoms with Gasteiger partial charge < -0.3 is 4.74 Å². The number of aromatic nitrogens is 3. The second-order valence-corrected chi connectivity index (χ2v) is 6.93. The second-order valence-electron chi connectivity index (χ2n) is 5.43. The molecule has 0 aliphatic carbocycles. The molecule has 0 radical (unpaired) electrons. The van der Waals surface area contributed by atoms with Crippen LogP contribution in [0.5, 0.6) is 5.75 Å². The van der Waals surface area contributed by atoms with E-state index in [4.69, 9.17) is 21.6 Å². The first kappa shape index (κ1) is 18.3. The number of hydrogen-bond acceptors (Lipinski definition) is 5. The summed E-state index contributed by atoms with van der Waals surface area (Å²) in [7, 11) is 1.64. The molecule has 2 aromatic carbocycles. The van der Waals surface area contributed by atoms with E-state index in [1.807, 2.05) is 53.1 Å². The molecule has 0 bridgehead atoms. The van der Waals surface area contributed by atoms with Crippen LogP contribution in [0.2, 0.25) is 5.02 Å². The minimum atomic E-state index is 0.529. The molecular weight excluding hydrogens is 368 g/mol. The summed E-state index contributed by atoms with van der Waals surface area (Å²) in [5.41, 5.74) is 1.78. The molecule has 0 saturated carbocycles. The molecule has 3 rings (SSSR count). The summed E-state index contributed by atoms with van der Waals surface area (Å²) in [5.74, 6) is 2.23. The van der Waals surface area contributed by atoms with Crippen LogP contribution in [0.3, 0.4) is 0 Å². The van der Waals surface area contributed by atoms with Crippen LogP contribution in [-0.2, 0) is 0 Å². The third-order valence-corrected chi connectivity index (χ3v) is 5.00. The quantitative estimate of drug-likeness (QED) is 0.424. The van der Waals surface area contributed by atoms with Crippen molar-refractivity contribution in [3.8, 4) is 28.9 Å². The van der Waals surface area contributed by atoms with Gasteiger partial charge in [0.05, 0.1) is 18.7 Å². The molecular formula is C19H17ClN4OS. The van der Waals surface area contributed by atoms with E-state index in [9.17, 15) is 0 Å². The van der Waals surface area contributed by atoms with Gasteiger partial charge in [0, 0.05) is 22.9 Å². The van der Waals surface area contributed by atoms with Gasteiger partial charge in [-0.05, 0) is 42.8 Å². The summed E-state index contributed by atoms with van der Waals surface area (Å²) >= 11 is 7.62. The van der Waals surface area contributed by atoms with E-state index in [-0.39, 0.29) is 0 Å². The number of ether oxygens (including phenoxy) is 1. The Kier molecular flexibility index (Phi) is 6.16. The minimum Gasteiger partial charge on any atom is -0.496 e. The van der Waals surface area contributed by atoms with Crippen molar-refractivity contribution in [3.63, 3.8) is 0 Å². The molecule has 0 unspecified atom stereocenters. The van der Waals surface area contributed by atoms with E-state index in [0.717, 1.165) is 34.3 Å². The predicted molar refractivity (Wildman–Crippen MR) is 104 cm³/mol.